The third-order valence-electron chi connectivity index (χ3n) is 3.33. The van der Waals surface area contributed by atoms with Crippen molar-refractivity contribution in [3.63, 3.8) is 0 Å². The Morgan fingerprint density at radius 3 is 2.56 bits per heavy atom. The van der Waals surface area contributed by atoms with Crippen LogP contribution in [-0.4, -0.2) is 11.7 Å². The highest BCUT2D eigenvalue weighted by Gasteiger charge is 1.96. The van der Waals surface area contributed by atoms with Crippen LogP contribution in [0.2, 0.25) is 0 Å². The summed E-state index contributed by atoms with van der Waals surface area (Å²) in [6.07, 6.45) is 10.5. The second-order valence-electron chi connectivity index (χ2n) is 4.72. The number of benzene rings is 1. The van der Waals surface area contributed by atoms with Gasteiger partial charge in [-0.3, -0.25) is 0 Å². The number of rotatable bonds is 9. The summed E-state index contributed by atoms with van der Waals surface area (Å²) in [6.45, 7) is 2.35. The zero-order chi connectivity index (χ0) is 13.1. The Hall–Kier alpha value is -1.08. The second-order valence-corrected chi connectivity index (χ2v) is 4.72. The summed E-state index contributed by atoms with van der Waals surface area (Å²) in [5, 5.41) is 8.86. The van der Waals surface area contributed by atoms with Crippen molar-refractivity contribution in [1.29, 1.82) is 0 Å². The average molecular weight is 245 g/mol. The third-order valence-corrected chi connectivity index (χ3v) is 3.33. The summed E-state index contributed by atoms with van der Waals surface area (Å²) in [6, 6.07) is 11.3. The Labute approximate surface area is 112 Å². The molecule has 0 saturated heterocycles. The molecule has 0 spiro atoms. The van der Waals surface area contributed by atoms with Crippen LogP contribution in [0.3, 0.4) is 0 Å². The topological polar surface area (TPSA) is 20.2 Å². The minimum atomic E-state index is 0.189. The van der Waals surface area contributed by atoms with Crippen molar-refractivity contribution in [3.05, 3.63) is 47.5 Å². The molecule has 1 rings (SSSR count). The van der Waals surface area contributed by atoms with Gasteiger partial charge < -0.3 is 5.11 Å². The smallest absolute Gasteiger partial charge is 0.0615 e. The van der Waals surface area contributed by atoms with E-state index in [2.05, 4.69) is 25.1 Å². The van der Waals surface area contributed by atoms with E-state index < -0.39 is 0 Å². The van der Waals surface area contributed by atoms with Crippen molar-refractivity contribution in [1.82, 2.24) is 0 Å². The lowest BCUT2D eigenvalue weighted by Crippen LogP contribution is -1.88. The van der Waals surface area contributed by atoms with Gasteiger partial charge in [-0.1, -0.05) is 55.7 Å². The van der Waals surface area contributed by atoms with Gasteiger partial charge in [0.2, 0.25) is 0 Å². The van der Waals surface area contributed by atoms with E-state index in [0.717, 1.165) is 12.8 Å². The highest BCUT2D eigenvalue weighted by Crippen LogP contribution is 2.14. The molecule has 0 fully saturated rings. The van der Waals surface area contributed by atoms with Crippen LogP contribution >= 0.6 is 0 Å². The Bertz CT molecular complexity index is 327. The van der Waals surface area contributed by atoms with Crippen LogP contribution in [0.4, 0.5) is 0 Å². The number of hydrogen-bond donors (Lipinski definition) is 1. The molecule has 1 radical (unpaired) electrons. The summed E-state index contributed by atoms with van der Waals surface area (Å²) in [4.78, 5) is 0. The van der Waals surface area contributed by atoms with Crippen LogP contribution in [0.1, 0.15) is 51.0 Å². The van der Waals surface area contributed by atoms with E-state index in [1.807, 2.05) is 18.2 Å². The first-order valence-electron chi connectivity index (χ1n) is 7.10. The molecule has 0 atom stereocenters. The van der Waals surface area contributed by atoms with E-state index >= 15 is 0 Å². The minimum absolute atomic E-state index is 0.189. The van der Waals surface area contributed by atoms with E-state index in [-0.39, 0.29) is 6.61 Å². The van der Waals surface area contributed by atoms with Gasteiger partial charge in [-0.2, -0.15) is 0 Å². The standard InChI is InChI=1S/C17H25O/c1-2-16(14-15-18)10-6-3-4-7-11-17-12-8-5-9-13-17/h8-9,12-14,18H,2-4,6-7,10-11,15H2,1H3. The molecule has 0 heterocycles. The number of aliphatic hydroxyl groups is 1. The fraction of sp³-hybridized carbons (Fsp3) is 0.529. The quantitative estimate of drug-likeness (QED) is 0.508. The summed E-state index contributed by atoms with van der Waals surface area (Å²) < 4.78 is 0. The van der Waals surface area contributed by atoms with E-state index in [1.54, 1.807) is 0 Å². The lowest BCUT2D eigenvalue weighted by Gasteiger charge is -2.05. The average Bonchev–Trinajstić information content (AvgIpc) is 2.42. The number of aryl methyl sites for hydroxylation is 1. The van der Waals surface area contributed by atoms with Gasteiger partial charge >= 0.3 is 0 Å². The molecule has 0 amide bonds. The Morgan fingerprint density at radius 1 is 1.17 bits per heavy atom. The first-order valence-corrected chi connectivity index (χ1v) is 7.10. The molecule has 1 heteroatoms. The Morgan fingerprint density at radius 2 is 1.89 bits per heavy atom. The van der Waals surface area contributed by atoms with Gasteiger partial charge in [-0.15, -0.1) is 0 Å². The predicted octanol–water partition coefficient (Wildman–Crippen LogP) is 4.31. The van der Waals surface area contributed by atoms with E-state index in [1.165, 1.54) is 43.2 Å². The molecule has 99 valence electrons. The molecule has 0 saturated carbocycles. The van der Waals surface area contributed by atoms with Crippen LogP contribution in [0.15, 0.2) is 35.9 Å². The molecule has 18 heavy (non-hydrogen) atoms. The number of aliphatic hydroxyl groups excluding tert-OH is 1. The second kappa shape index (κ2) is 9.90. The third kappa shape index (κ3) is 6.61. The zero-order valence-electron chi connectivity index (χ0n) is 11.5. The number of hydrogen-bond acceptors (Lipinski definition) is 1. The van der Waals surface area contributed by atoms with Crippen LogP contribution in [0, 0.1) is 6.07 Å². The van der Waals surface area contributed by atoms with Crippen LogP contribution in [-0.2, 0) is 6.42 Å². The monoisotopic (exact) mass is 245 g/mol. The van der Waals surface area contributed by atoms with Gasteiger partial charge in [-0.25, -0.2) is 0 Å². The van der Waals surface area contributed by atoms with Gasteiger partial charge in [0.25, 0.3) is 0 Å². The molecule has 0 aliphatic rings. The molecule has 0 aromatic heterocycles. The van der Waals surface area contributed by atoms with Crippen LogP contribution < -0.4 is 0 Å². The first kappa shape index (κ1) is 15.0. The van der Waals surface area contributed by atoms with Gasteiger partial charge in [-0.05, 0) is 43.7 Å². The number of unbranched alkanes of at least 4 members (excludes halogenated alkanes) is 3. The normalized spacial score (nSPS) is 11.8. The molecule has 0 unspecified atom stereocenters. The van der Waals surface area contributed by atoms with Crippen LogP contribution in [0.5, 0.6) is 0 Å². The molecule has 1 aromatic rings. The maximum atomic E-state index is 8.86. The lowest BCUT2D eigenvalue weighted by atomic mass is 10.0. The molecule has 1 aromatic carbocycles. The molecule has 1 nitrogen and oxygen atoms in total. The van der Waals surface area contributed by atoms with Gasteiger partial charge in [0.15, 0.2) is 0 Å². The SMILES string of the molecule is CCC(=CCO)CCCCCCc1cc[c]cc1. The first-order chi connectivity index (χ1) is 8.86. The fourth-order valence-electron chi connectivity index (χ4n) is 2.18. The van der Waals surface area contributed by atoms with E-state index in [0.29, 0.717) is 0 Å². The molecule has 0 bridgehead atoms. The molecule has 0 aliphatic heterocycles. The van der Waals surface area contributed by atoms with Gasteiger partial charge in [0.1, 0.15) is 0 Å². The highest BCUT2D eigenvalue weighted by molar-refractivity contribution is 5.13. The predicted molar refractivity (Wildman–Crippen MR) is 77.5 cm³/mol. The maximum Gasteiger partial charge on any atom is 0.0615 e. The van der Waals surface area contributed by atoms with Crippen molar-refractivity contribution in [2.75, 3.05) is 6.61 Å². The van der Waals surface area contributed by atoms with Gasteiger partial charge in [0.05, 0.1) is 6.61 Å². The molecule has 0 aliphatic carbocycles. The minimum Gasteiger partial charge on any atom is -0.392 e. The summed E-state index contributed by atoms with van der Waals surface area (Å²) in [7, 11) is 0. The van der Waals surface area contributed by atoms with Crippen molar-refractivity contribution in [2.45, 2.75) is 51.9 Å². The zero-order valence-corrected chi connectivity index (χ0v) is 11.5. The Balaban J connectivity index is 2.04. The summed E-state index contributed by atoms with van der Waals surface area (Å²) in [5.41, 5.74) is 2.82. The van der Waals surface area contributed by atoms with Crippen molar-refractivity contribution < 1.29 is 5.11 Å². The summed E-state index contributed by atoms with van der Waals surface area (Å²) >= 11 is 0. The van der Waals surface area contributed by atoms with Crippen LogP contribution in [0.25, 0.3) is 0 Å². The number of allylic oxidation sites excluding steroid dienone is 1. The lowest BCUT2D eigenvalue weighted by molar-refractivity contribution is 0.341. The molecular weight excluding hydrogens is 220 g/mol. The largest absolute Gasteiger partial charge is 0.392 e. The van der Waals surface area contributed by atoms with E-state index in [9.17, 15) is 0 Å². The van der Waals surface area contributed by atoms with Gasteiger partial charge in [0, 0.05) is 0 Å². The van der Waals surface area contributed by atoms with E-state index in [4.69, 9.17) is 5.11 Å². The van der Waals surface area contributed by atoms with Crippen molar-refractivity contribution >= 4 is 0 Å². The molecular formula is C17H25O. The highest BCUT2D eigenvalue weighted by atomic mass is 16.2. The summed E-state index contributed by atoms with van der Waals surface area (Å²) in [5.74, 6) is 0. The van der Waals surface area contributed by atoms with Crippen molar-refractivity contribution in [2.24, 2.45) is 0 Å². The molecule has 1 N–H and O–H groups in total. The maximum absolute atomic E-state index is 8.86. The van der Waals surface area contributed by atoms with Crippen molar-refractivity contribution in [3.8, 4) is 0 Å². The Kier molecular flexibility index (Phi) is 8.24. The fourth-order valence-corrected chi connectivity index (χ4v) is 2.18.